The van der Waals surface area contributed by atoms with Crippen molar-refractivity contribution in [3.63, 3.8) is 0 Å². The summed E-state index contributed by atoms with van der Waals surface area (Å²) >= 11 is 0. The number of nitrogens with zero attached hydrogens (tertiary/aromatic N) is 4. The Balaban J connectivity index is 1.40. The van der Waals surface area contributed by atoms with Gasteiger partial charge in [0.05, 0.1) is 4.90 Å². The highest BCUT2D eigenvalue weighted by molar-refractivity contribution is 7.89. The number of hydrogen-bond acceptors (Lipinski definition) is 6. The van der Waals surface area contributed by atoms with Crippen molar-refractivity contribution in [2.45, 2.75) is 11.3 Å². The Bertz CT molecular complexity index is 1080. The molecule has 0 spiro atoms. The fraction of sp³-hybridized carbons (Fsp3) is 0.348. The van der Waals surface area contributed by atoms with Gasteiger partial charge >= 0.3 is 6.03 Å². The van der Waals surface area contributed by atoms with E-state index in [-0.39, 0.29) is 30.3 Å². The molecule has 2 aromatic rings. The molecule has 1 aliphatic rings. The number of amides is 3. The van der Waals surface area contributed by atoms with E-state index in [0.717, 1.165) is 5.82 Å². The third-order valence-electron chi connectivity index (χ3n) is 5.44. The number of anilines is 2. The van der Waals surface area contributed by atoms with Crippen molar-refractivity contribution in [2.24, 2.45) is 0 Å². The molecule has 182 valence electrons. The third-order valence-corrected chi connectivity index (χ3v) is 7.27. The number of pyridine rings is 1. The van der Waals surface area contributed by atoms with Crippen LogP contribution in [0.25, 0.3) is 0 Å². The number of rotatable bonds is 9. The summed E-state index contributed by atoms with van der Waals surface area (Å²) < 4.78 is 26.0. The van der Waals surface area contributed by atoms with Gasteiger partial charge in [-0.05, 0) is 36.4 Å². The molecule has 2 heterocycles. The molecule has 3 rings (SSSR count). The smallest absolute Gasteiger partial charge is 0.319 e. The Morgan fingerprint density at radius 2 is 1.82 bits per heavy atom. The van der Waals surface area contributed by atoms with Crippen LogP contribution in [0.1, 0.15) is 6.42 Å². The lowest BCUT2D eigenvalue weighted by atomic mass is 10.2. The normalized spacial score (nSPS) is 14.1. The summed E-state index contributed by atoms with van der Waals surface area (Å²) in [6.45, 7) is 6.59. The van der Waals surface area contributed by atoms with Crippen molar-refractivity contribution in [3.05, 3.63) is 61.3 Å². The number of likely N-dealkylation sites (N-methyl/N-ethyl adjacent to an activating group) is 1. The zero-order chi connectivity index (χ0) is 24.6. The molecule has 34 heavy (non-hydrogen) atoms. The third kappa shape index (κ3) is 6.55. The number of carbonyl (C=O) groups excluding carboxylic acids is 2. The SMILES string of the molecule is C=CCN(C)S(=O)(=O)c1ccc(NC(=O)NCCC(=O)N2CCN(c3ccccn3)CC2)cc1. The van der Waals surface area contributed by atoms with Gasteiger partial charge in [0.15, 0.2) is 0 Å². The van der Waals surface area contributed by atoms with E-state index < -0.39 is 16.1 Å². The van der Waals surface area contributed by atoms with Crippen LogP contribution in [-0.2, 0) is 14.8 Å². The van der Waals surface area contributed by atoms with Gasteiger partial charge in [0.2, 0.25) is 15.9 Å². The Morgan fingerprint density at radius 1 is 1.12 bits per heavy atom. The van der Waals surface area contributed by atoms with E-state index in [9.17, 15) is 18.0 Å². The van der Waals surface area contributed by atoms with Gasteiger partial charge in [-0.25, -0.2) is 18.2 Å². The molecule has 1 aliphatic heterocycles. The zero-order valence-corrected chi connectivity index (χ0v) is 20.0. The molecule has 0 saturated carbocycles. The first-order chi connectivity index (χ1) is 16.3. The Kier molecular flexibility index (Phi) is 8.61. The summed E-state index contributed by atoms with van der Waals surface area (Å²) in [6.07, 6.45) is 3.46. The fourth-order valence-electron chi connectivity index (χ4n) is 3.51. The minimum Gasteiger partial charge on any atom is -0.353 e. The van der Waals surface area contributed by atoms with Crippen LogP contribution < -0.4 is 15.5 Å². The maximum absolute atomic E-state index is 12.5. The summed E-state index contributed by atoms with van der Waals surface area (Å²) in [7, 11) is -2.14. The summed E-state index contributed by atoms with van der Waals surface area (Å²) in [5, 5.41) is 5.30. The molecule has 1 fully saturated rings. The van der Waals surface area contributed by atoms with Crippen LogP contribution in [0.5, 0.6) is 0 Å². The molecular formula is C23H30N6O4S. The maximum atomic E-state index is 12.5. The van der Waals surface area contributed by atoms with Crippen molar-refractivity contribution in [2.75, 3.05) is 56.5 Å². The zero-order valence-electron chi connectivity index (χ0n) is 19.2. The monoisotopic (exact) mass is 486 g/mol. The number of carbonyl (C=O) groups is 2. The molecular weight excluding hydrogens is 456 g/mol. The van der Waals surface area contributed by atoms with Gasteiger partial charge < -0.3 is 20.4 Å². The van der Waals surface area contributed by atoms with Crippen molar-refractivity contribution in [1.82, 2.24) is 19.5 Å². The number of hydrogen-bond donors (Lipinski definition) is 2. The second-order valence-corrected chi connectivity index (χ2v) is 9.83. The average Bonchev–Trinajstić information content (AvgIpc) is 2.85. The predicted octanol–water partition coefficient (Wildman–Crippen LogP) is 1.75. The van der Waals surface area contributed by atoms with E-state index in [0.29, 0.717) is 31.9 Å². The Morgan fingerprint density at radius 3 is 2.44 bits per heavy atom. The first-order valence-corrected chi connectivity index (χ1v) is 12.4. The standard InChI is InChI=1S/C23H30N6O4S/c1-3-14-27(2)34(32,33)20-9-7-19(8-10-20)26-23(31)25-13-11-22(30)29-17-15-28(16-18-29)21-6-4-5-12-24-21/h3-10,12H,1,11,13-18H2,2H3,(H2,25,26,31). The van der Waals surface area contributed by atoms with Crippen LogP contribution in [0, 0.1) is 0 Å². The Hall–Kier alpha value is -3.44. The number of nitrogens with one attached hydrogen (secondary N) is 2. The minimum atomic E-state index is -3.62. The van der Waals surface area contributed by atoms with Gasteiger partial charge in [-0.2, -0.15) is 4.31 Å². The summed E-state index contributed by atoms with van der Waals surface area (Å²) in [4.78, 5) is 33.0. The molecule has 1 aromatic heterocycles. The maximum Gasteiger partial charge on any atom is 0.319 e. The van der Waals surface area contributed by atoms with E-state index in [2.05, 4.69) is 27.1 Å². The van der Waals surface area contributed by atoms with Gasteiger partial charge in [0, 0.05) is 64.6 Å². The predicted molar refractivity (Wildman–Crippen MR) is 131 cm³/mol. The van der Waals surface area contributed by atoms with E-state index in [1.54, 1.807) is 11.1 Å². The van der Waals surface area contributed by atoms with Gasteiger partial charge in [0.25, 0.3) is 0 Å². The molecule has 1 saturated heterocycles. The molecule has 0 bridgehead atoms. The molecule has 1 aromatic carbocycles. The van der Waals surface area contributed by atoms with Crippen molar-refractivity contribution in [1.29, 1.82) is 0 Å². The molecule has 0 unspecified atom stereocenters. The van der Waals surface area contributed by atoms with Crippen LogP contribution in [0.3, 0.4) is 0 Å². The van der Waals surface area contributed by atoms with E-state index >= 15 is 0 Å². The van der Waals surface area contributed by atoms with Gasteiger partial charge in [0.1, 0.15) is 5.82 Å². The fourth-order valence-corrected chi connectivity index (χ4v) is 4.65. The van der Waals surface area contributed by atoms with Gasteiger partial charge in [-0.3, -0.25) is 4.79 Å². The van der Waals surface area contributed by atoms with Gasteiger partial charge in [-0.15, -0.1) is 6.58 Å². The van der Waals surface area contributed by atoms with Crippen molar-refractivity contribution >= 4 is 33.5 Å². The average molecular weight is 487 g/mol. The number of piperazine rings is 1. The molecule has 10 nitrogen and oxygen atoms in total. The molecule has 0 aliphatic carbocycles. The molecule has 0 radical (unpaired) electrons. The van der Waals surface area contributed by atoms with Gasteiger partial charge in [-0.1, -0.05) is 12.1 Å². The molecule has 11 heteroatoms. The second-order valence-electron chi connectivity index (χ2n) is 7.79. The number of aromatic nitrogens is 1. The minimum absolute atomic E-state index is 0.0147. The summed E-state index contributed by atoms with van der Waals surface area (Å²) in [6, 6.07) is 11.2. The molecule has 3 amide bonds. The van der Waals surface area contributed by atoms with Crippen LogP contribution in [0.2, 0.25) is 0 Å². The Labute approximate surface area is 200 Å². The highest BCUT2D eigenvalue weighted by Gasteiger charge is 2.22. The first kappa shape index (κ1) is 25.2. The molecule has 0 atom stereocenters. The van der Waals surface area contributed by atoms with Crippen LogP contribution >= 0.6 is 0 Å². The van der Waals surface area contributed by atoms with E-state index in [4.69, 9.17) is 0 Å². The lowest BCUT2D eigenvalue weighted by molar-refractivity contribution is -0.131. The quantitative estimate of drug-likeness (QED) is 0.522. The van der Waals surface area contributed by atoms with E-state index in [1.165, 1.54) is 41.7 Å². The lowest BCUT2D eigenvalue weighted by Gasteiger charge is -2.35. The highest BCUT2D eigenvalue weighted by Crippen LogP contribution is 2.17. The summed E-state index contributed by atoms with van der Waals surface area (Å²) in [5.41, 5.74) is 0.444. The lowest BCUT2D eigenvalue weighted by Crippen LogP contribution is -2.49. The van der Waals surface area contributed by atoms with Crippen molar-refractivity contribution in [3.8, 4) is 0 Å². The van der Waals surface area contributed by atoms with Crippen molar-refractivity contribution < 1.29 is 18.0 Å². The topological polar surface area (TPSA) is 115 Å². The van der Waals surface area contributed by atoms with E-state index in [1.807, 2.05) is 18.2 Å². The summed E-state index contributed by atoms with van der Waals surface area (Å²) in [5.74, 6) is 0.890. The van der Waals surface area contributed by atoms with Crippen LogP contribution in [0.15, 0.2) is 66.2 Å². The number of urea groups is 1. The second kappa shape index (κ2) is 11.6. The number of benzene rings is 1. The first-order valence-electron chi connectivity index (χ1n) is 11.0. The largest absolute Gasteiger partial charge is 0.353 e. The molecule has 2 N–H and O–H groups in total. The highest BCUT2D eigenvalue weighted by atomic mass is 32.2. The van der Waals surface area contributed by atoms with Crippen LogP contribution in [0.4, 0.5) is 16.3 Å². The number of sulfonamides is 1. The van der Waals surface area contributed by atoms with Crippen LogP contribution in [-0.4, -0.2) is 80.9 Å².